The van der Waals surface area contributed by atoms with Gasteiger partial charge in [0, 0.05) is 31.3 Å². The van der Waals surface area contributed by atoms with Crippen molar-refractivity contribution in [3.63, 3.8) is 0 Å². The van der Waals surface area contributed by atoms with Gasteiger partial charge in [-0.15, -0.1) is 34.0 Å². The molecule has 10 nitrogen and oxygen atoms in total. The summed E-state index contributed by atoms with van der Waals surface area (Å²) in [5.41, 5.74) is 2.20. The number of rotatable bonds is 20. The molecule has 13 heteroatoms. The highest BCUT2D eigenvalue weighted by atomic mass is 32.1. The standard InChI is InChI=1S/C42H46N4O6S3/c1-3-5-7-9-11-13-21-51-31(47)19-15-25-23-29-39(53-25)43-37-27-17-18-28-34-33(27)36(42(50)45(29)37)55-35(34)38-44-40-30(46(38)41(28)49)24-26(54-40)16-20-32(48)52-22-14-12-10-8-6-4-2/h17-18,23-24H,3-16,19-22H2,1-2H3. The third-order valence-corrected chi connectivity index (χ3v) is 14.0. The molecule has 288 valence electrons. The fourth-order valence-electron chi connectivity index (χ4n) is 7.74. The second-order valence-corrected chi connectivity index (χ2v) is 17.9. The number of unbranched alkanes of at least 4 members (excludes halogenated alkanes) is 10. The van der Waals surface area contributed by atoms with Crippen molar-refractivity contribution >= 4 is 109 Å². The number of thiophene rings is 3. The van der Waals surface area contributed by atoms with Gasteiger partial charge >= 0.3 is 11.9 Å². The lowest BCUT2D eigenvalue weighted by Crippen LogP contribution is -2.13. The Balaban J connectivity index is 1.02. The number of carbonyl (C=O) groups is 2. The van der Waals surface area contributed by atoms with Crippen molar-refractivity contribution in [1.29, 1.82) is 0 Å². The van der Waals surface area contributed by atoms with Crippen molar-refractivity contribution in [2.45, 2.75) is 117 Å². The quantitative estimate of drug-likeness (QED) is 0.0424. The number of carbonyl (C=O) groups excluding carboxylic acids is 2. The molecular formula is C42H46N4O6S3. The lowest BCUT2D eigenvalue weighted by Gasteiger charge is -2.05. The molecule has 0 amide bonds. The maximum Gasteiger partial charge on any atom is 0.306 e. The van der Waals surface area contributed by atoms with Crippen LogP contribution in [0.3, 0.4) is 0 Å². The van der Waals surface area contributed by atoms with Crippen LogP contribution < -0.4 is 11.1 Å². The van der Waals surface area contributed by atoms with E-state index in [2.05, 4.69) is 13.8 Å². The summed E-state index contributed by atoms with van der Waals surface area (Å²) in [4.78, 5) is 66.6. The van der Waals surface area contributed by atoms with E-state index >= 15 is 0 Å². The number of aryl methyl sites for hydroxylation is 2. The van der Waals surface area contributed by atoms with Crippen molar-refractivity contribution in [3.8, 4) is 0 Å². The fourth-order valence-corrected chi connectivity index (χ4v) is 11.0. The highest BCUT2D eigenvalue weighted by Gasteiger charge is 2.26. The Morgan fingerprint density at radius 3 is 1.67 bits per heavy atom. The van der Waals surface area contributed by atoms with Gasteiger partial charge in [0.1, 0.15) is 20.0 Å². The summed E-state index contributed by atoms with van der Waals surface area (Å²) >= 11 is 4.35. The summed E-state index contributed by atoms with van der Waals surface area (Å²) in [5, 5.41) is 2.87. The monoisotopic (exact) mass is 798 g/mol. The molecule has 0 aliphatic heterocycles. The lowest BCUT2D eigenvalue weighted by molar-refractivity contribution is -0.144. The minimum absolute atomic E-state index is 0.175. The summed E-state index contributed by atoms with van der Waals surface area (Å²) < 4.78 is 15.6. The van der Waals surface area contributed by atoms with E-state index in [1.807, 2.05) is 24.3 Å². The number of hydrogen-bond donors (Lipinski definition) is 0. The van der Waals surface area contributed by atoms with E-state index in [0.717, 1.165) is 71.5 Å². The Morgan fingerprint density at radius 1 is 0.600 bits per heavy atom. The van der Waals surface area contributed by atoms with E-state index in [-0.39, 0.29) is 35.9 Å². The molecule has 55 heavy (non-hydrogen) atoms. The number of hydrogen-bond acceptors (Lipinski definition) is 11. The predicted molar refractivity (Wildman–Crippen MR) is 225 cm³/mol. The van der Waals surface area contributed by atoms with E-state index in [4.69, 9.17) is 19.4 Å². The van der Waals surface area contributed by atoms with Crippen molar-refractivity contribution in [3.05, 3.63) is 54.7 Å². The highest BCUT2D eigenvalue weighted by Crippen LogP contribution is 2.43. The zero-order chi connectivity index (χ0) is 38.1. The van der Waals surface area contributed by atoms with Crippen molar-refractivity contribution in [2.75, 3.05) is 13.2 Å². The van der Waals surface area contributed by atoms with Crippen molar-refractivity contribution in [1.82, 2.24) is 18.8 Å². The van der Waals surface area contributed by atoms with Crippen LogP contribution in [-0.2, 0) is 31.9 Å². The molecule has 0 unspecified atom stereocenters. The first-order valence-electron chi connectivity index (χ1n) is 19.9. The molecule has 0 bridgehead atoms. The van der Waals surface area contributed by atoms with Crippen LogP contribution >= 0.6 is 34.0 Å². The Bertz CT molecular complexity index is 2760. The average Bonchev–Trinajstić information content (AvgIpc) is 3.99. The number of ether oxygens (including phenoxy) is 2. The molecule has 0 saturated carbocycles. The molecule has 0 atom stereocenters. The van der Waals surface area contributed by atoms with Crippen LogP contribution in [0, 0.1) is 0 Å². The molecule has 0 aliphatic rings. The highest BCUT2D eigenvalue weighted by molar-refractivity contribution is 7.27. The summed E-state index contributed by atoms with van der Waals surface area (Å²) in [5.74, 6) is -0.407. The van der Waals surface area contributed by atoms with Gasteiger partial charge in [0.2, 0.25) is 0 Å². The largest absolute Gasteiger partial charge is 0.466 e. The van der Waals surface area contributed by atoms with E-state index in [9.17, 15) is 19.2 Å². The van der Waals surface area contributed by atoms with Crippen LogP contribution in [0.25, 0.3) is 62.9 Å². The smallest absolute Gasteiger partial charge is 0.306 e. The van der Waals surface area contributed by atoms with Gasteiger partial charge in [-0.1, -0.05) is 78.1 Å². The number of imidazole rings is 2. The van der Waals surface area contributed by atoms with Gasteiger partial charge in [-0.2, -0.15) is 0 Å². The second-order valence-electron chi connectivity index (χ2n) is 14.6. The molecule has 1 aromatic carbocycles. The van der Waals surface area contributed by atoms with E-state index in [1.54, 1.807) is 8.80 Å². The normalized spacial score (nSPS) is 12.3. The number of pyridine rings is 2. The Kier molecular flexibility index (Phi) is 11.3. The topological polar surface area (TPSA) is 121 Å². The summed E-state index contributed by atoms with van der Waals surface area (Å²) in [7, 11) is 0. The van der Waals surface area contributed by atoms with Crippen LogP contribution in [0.4, 0.5) is 0 Å². The van der Waals surface area contributed by atoms with E-state index < -0.39 is 0 Å². The maximum absolute atomic E-state index is 14.3. The van der Waals surface area contributed by atoms with Gasteiger partial charge in [-0.25, -0.2) is 9.97 Å². The Hall–Kier alpha value is -4.20. The van der Waals surface area contributed by atoms with Crippen LogP contribution in [0.15, 0.2) is 33.9 Å². The van der Waals surface area contributed by atoms with Gasteiger partial charge in [-0.3, -0.25) is 28.0 Å². The number of esters is 2. The molecule has 0 radical (unpaired) electrons. The molecule has 8 aromatic rings. The number of nitrogens with zero attached hydrogens (tertiary/aromatic N) is 4. The molecule has 8 rings (SSSR count). The molecule has 0 saturated heterocycles. The molecular weight excluding hydrogens is 753 g/mol. The van der Waals surface area contributed by atoms with Crippen LogP contribution in [0.1, 0.15) is 113 Å². The predicted octanol–water partition coefficient (Wildman–Crippen LogP) is 10.2. The van der Waals surface area contributed by atoms with Gasteiger partial charge in [0.25, 0.3) is 11.1 Å². The molecule has 7 heterocycles. The number of benzene rings is 1. The SMILES string of the molecule is CCCCCCCCOC(=O)CCc1cc2c(nc3c4ccc5c(=O)n6c7cc(CCC(=O)OCCCCCCCC)sc7nc6c6sc(c(=O)n23)c4c56)s1. The van der Waals surface area contributed by atoms with Gasteiger partial charge in [0.15, 0.2) is 5.65 Å². The molecule has 0 N–H and O–H groups in total. The van der Waals surface area contributed by atoms with Crippen LogP contribution in [0.2, 0.25) is 0 Å². The summed E-state index contributed by atoms with van der Waals surface area (Å²) in [6.45, 7) is 5.32. The minimum atomic E-state index is -0.205. The minimum Gasteiger partial charge on any atom is -0.466 e. The molecule has 0 spiro atoms. The van der Waals surface area contributed by atoms with E-state index in [1.165, 1.54) is 85.4 Å². The number of fused-ring (bicyclic) bond motifs is 8. The van der Waals surface area contributed by atoms with Crippen molar-refractivity contribution in [2.24, 2.45) is 0 Å². The number of aromatic nitrogens is 4. The zero-order valence-electron chi connectivity index (χ0n) is 31.5. The molecule has 0 aliphatic carbocycles. The fraction of sp³-hybridized carbons (Fsp3) is 0.476. The second kappa shape index (κ2) is 16.5. The van der Waals surface area contributed by atoms with E-state index in [0.29, 0.717) is 53.0 Å². The maximum atomic E-state index is 14.3. The average molecular weight is 799 g/mol. The zero-order valence-corrected chi connectivity index (χ0v) is 33.9. The van der Waals surface area contributed by atoms with Crippen LogP contribution in [-0.4, -0.2) is 43.9 Å². The first-order chi connectivity index (χ1) is 26.9. The Labute approximate surface area is 329 Å². The molecule has 0 fully saturated rings. The first kappa shape index (κ1) is 37.7. The van der Waals surface area contributed by atoms with Crippen molar-refractivity contribution < 1.29 is 19.1 Å². The van der Waals surface area contributed by atoms with Crippen LogP contribution in [0.5, 0.6) is 0 Å². The Morgan fingerprint density at radius 2 is 1.09 bits per heavy atom. The first-order valence-corrected chi connectivity index (χ1v) is 22.4. The summed E-state index contributed by atoms with van der Waals surface area (Å²) in [6.07, 6.45) is 15.3. The lowest BCUT2D eigenvalue weighted by atomic mass is 10.0. The van der Waals surface area contributed by atoms with Gasteiger partial charge < -0.3 is 9.47 Å². The summed E-state index contributed by atoms with van der Waals surface area (Å²) in [6, 6.07) is 7.67. The third-order valence-electron chi connectivity index (χ3n) is 10.6. The third kappa shape index (κ3) is 7.31. The van der Waals surface area contributed by atoms with Gasteiger partial charge in [-0.05, 0) is 49.9 Å². The van der Waals surface area contributed by atoms with Gasteiger partial charge in [0.05, 0.1) is 41.8 Å². The molecule has 7 aromatic heterocycles.